The number of aromatic nitrogens is 1. The van der Waals surface area contributed by atoms with E-state index in [1.807, 2.05) is 11.3 Å². The molecule has 0 saturated carbocycles. The highest BCUT2D eigenvalue weighted by molar-refractivity contribution is 7.11. The van der Waals surface area contributed by atoms with Crippen molar-refractivity contribution >= 4 is 11.3 Å². The smallest absolute Gasteiger partial charge is 0.171 e. The Morgan fingerprint density at radius 3 is 2.63 bits per heavy atom. The zero-order valence-electron chi connectivity index (χ0n) is 11.9. The van der Waals surface area contributed by atoms with Crippen molar-refractivity contribution < 1.29 is 9.47 Å². The van der Waals surface area contributed by atoms with E-state index in [9.17, 15) is 0 Å². The van der Waals surface area contributed by atoms with Crippen LogP contribution in [-0.4, -0.2) is 41.5 Å². The molecule has 2 aliphatic rings. The summed E-state index contributed by atoms with van der Waals surface area (Å²) in [5.74, 6) is -0.287. The summed E-state index contributed by atoms with van der Waals surface area (Å²) in [5.41, 5.74) is 1.17. The number of piperidine rings is 1. The molecule has 0 bridgehead atoms. The predicted molar refractivity (Wildman–Crippen MR) is 75.3 cm³/mol. The van der Waals surface area contributed by atoms with Crippen LogP contribution in [0.5, 0.6) is 0 Å². The quantitative estimate of drug-likeness (QED) is 0.834. The fourth-order valence-corrected chi connectivity index (χ4v) is 3.79. The monoisotopic (exact) mass is 282 g/mol. The van der Waals surface area contributed by atoms with Gasteiger partial charge in [-0.1, -0.05) is 0 Å². The van der Waals surface area contributed by atoms with Gasteiger partial charge in [0.15, 0.2) is 5.79 Å². The van der Waals surface area contributed by atoms with E-state index < -0.39 is 0 Å². The first-order valence-electron chi connectivity index (χ1n) is 7.03. The molecule has 1 atom stereocenters. The fourth-order valence-electron chi connectivity index (χ4n) is 2.82. The van der Waals surface area contributed by atoms with Crippen molar-refractivity contribution in [3.63, 3.8) is 0 Å². The van der Waals surface area contributed by atoms with Gasteiger partial charge in [0, 0.05) is 30.8 Å². The summed E-state index contributed by atoms with van der Waals surface area (Å²) in [7, 11) is 0. The van der Waals surface area contributed by atoms with Crippen molar-refractivity contribution in [1.29, 1.82) is 0 Å². The molecule has 0 N–H and O–H groups in total. The van der Waals surface area contributed by atoms with E-state index in [1.54, 1.807) is 0 Å². The highest BCUT2D eigenvalue weighted by atomic mass is 32.1. The van der Waals surface area contributed by atoms with Crippen LogP contribution in [0.3, 0.4) is 0 Å². The molecule has 0 aliphatic carbocycles. The van der Waals surface area contributed by atoms with Gasteiger partial charge in [-0.2, -0.15) is 0 Å². The molecule has 106 valence electrons. The number of likely N-dealkylation sites (tertiary alicyclic amines) is 1. The Kier molecular flexibility index (Phi) is 3.64. The predicted octanol–water partition coefficient (Wildman–Crippen LogP) is 2.49. The van der Waals surface area contributed by atoms with Crippen molar-refractivity contribution in [3.05, 3.63) is 15.6 Å². The number of hydrogen-bond donors (Lipinski definition) is 0. The third-order valence-corrected chi connectivity index (χ3v) is 5.10. The lowest BCUT2D eigenvalue weighted by atomic mass is 10.0. The van der Waals surface area contributed by atoms with Crippen LogP contribution in [0.15, 0.2) is 0 Å². The molecule has 19 heavy (non-hydrogen) atoms. The molecule has 4 nitrogen and oxygen atoms in total. The van der Waals surface area contributed by atoms with E-state index in [4.69, 9.17) is 9.47 Å². The molecule has 0 aromatic carbocycles. The van der Waals surface area contributed by atoms with Gasteiger partial charge in [-0.05, 0) is 20.8 Å². The standard InChI is InChI=1S/C14H22N2O2S/c1-10-9-17-14(18-10)4-6-16(7-5-14)8-13-15-11(2)12(3)19-13/h10H,4-9H2,1-3H3. The summed E-state index contributed by atoms with van der Waals surface area (Å²) in [4.78, 5) is 8.41. The molecule has 0 amide bonds. The molecular weight excluding hydrogens is 260 g/mol. The first-order chi connectivity index (χ1) is 9.06. The van der Waals surface area contributed by atoms with Crippen LogP contribution in [0.2, 0.25) is 0 Å². The molecule has 3 heterocycles. The van der Waals surface area contributed by atoms with Gasteiger partial charge < -0.3 is 9.47 Å². The minimum atomic E-state index is -0.287. The lowest BCUT2D eigenvalue weighted by molar-refractivity contribution is -0.194. The van der Waals surface area contributed by atoms with Crippen molar-refractivity contribution in [3.8, 4) is 0 Å². The summed E-state index contributed by atoms with van der Waals surface area (Å²) in [6, 6.07) is 0. The molecule has 2 fully saturated rings. The molecule has 1 aromatic heterocycles. The highest BCUT2D eigenvalue weighted by Gasteiger charge is 2.42. The molecule has 1 unspecified atom stereocenters. The largest absolute Gasteiger partial charge is 0.347 e. The Balaban J connectivity index is 1.56. The van der Waals surface area contributed by atoms with Crippen LogP contribution in [-0.2, 0) is 16.0 Å². The highest BCUT2D eigenvalue weighted by Crippen LogP contribution is 2.34. The molecular formula is C14H22N2O2S. The molecule has 5 heteroatoms. The van der Waals surface area contributed by atoms with E-state index in [1.165, 1.54) is 15.6 Å². The van der Waals surface area contributed by atoms with Gasteiger partial charge >= 0.3 is 0 Å². The first-order valence-corrected chi connectivity index (χ1v) is 7.85. The van der Waals surface area contributed by atoms with Crippen molar-refractivity contribution in [1.82, 2.24) is 9.88 Å². The number of nitrogens with zero attached hydrogens (tertiary/aromatic N) is 2. The Morgan fingerprint density at radius 1 is 1.37 bits per heavy atom. The number of hydrogen-bond acceptors (Lipinski definition) is 5. The second-order valence-corrected chi connectivity index (χ2v) is 6.96. The van der Waals surface area contributed by atoms with Crippen molar-refractivity contribution in [2.45, 2.75) is 52.0 Å². The van der Waals surface area contributed by atoms with Crippen LogP contribution >= 0.6 is 11.3 Å². The average Bonchev–Trinajstić information content (AvgIpc) is 2.88. The van der Waals surface area contributed by atoms with Crippen molar-refractivity contribution in [2.75, 3.05) is 19.7 Å². The number of aryl methyl sites for hydroxylation is 2. The Labute approximate surface area is 118 Å². The van der Waals surface area contributed by atoms with Crippen LogP contribution in [0.25, 0.3) is 0 Å². The third-order valence-electron chi connectivity index (χ3n) is 4.05. The number of ether oxygens (including phenoxy) is 2. The molecule has 3 rings (SSSR count). The lowest BCUT2D eigenvalue weighted by Crippen LogP contribution is -2.45. The summed E-state index contributed by atoms with van der Waals surface area (Å²) in [6.45, 7) is 10.1. The van der Waals surface area contributed by atoms with Gasteiger partial charge in [0.25, 0.3) is 0 Å². The maximum Gasteiger partial charge on any atom is 0.171 e. The zero-order valence-corrected chi connectivity index (χ0v) is 12.8. The fraction of sp³-hybridized carbons (Fsp3) is 0.786. The van der Waals surface area contributed by atoms with Crippen LogP contribution in [0.4, 0.5) is 0 Å². The molecule has 1 aromatic rings. The minimum Gasteiger partial charge on any atom is -0.347 e. The summed E-state index contributed by atoms with van der Waals surface area (Å²) in [6.07, 6.45) is 2.19. The Morgan fingerprint density at radius 2 is 2.11 bits per heavy atom. The topological polar surface area (TPSA) is 34.6 Å². The van der Waals surface area contributed by atoms with Crippen LogP contribution in [0, 0.1) is 13.8 Å². The van der Waals surface area contributed by atoms with E-state index >= 15 is 0 Å². The summed E-state index contributed by atoms with van der Waals surface area (Å²) < 4.78 is 11.8. The van der Waals surface area contributed by atoms with Gasteiger partial charge in [0.2, 0.25) is 0 Å². The number of thiazole rings is 1. The van der Waals surface area contributed by atoms with E-state index in [-0.39, 0.29) is 11.9 Å². The van der Waals surface area contributed by atoms with Gasteiger partial charge in [-0.15, -0.1) is 11.3 Å². The Bertz CT molecular complexity index is 433. The normalized spacial score (nSPS) is 27.2. The molecule has 1 spiro atoms. The molecule has 0 radical (unpaired) electrons. The molecule has 2 saturated heterocycles. The van der Waals surface area contributed by atoms with Gasteiger partial charge in [0.1, 0.15) is 5.01 Å². The van der Waals surface area contributed by atoms with Crippen LogP contribution < -0.4 is 0 Å². The maximum atomic E-state index is 5.95. The second kappa shape index (κ2) is 5.13. The number of rotatable bonds is 2. The minimum absolute atomic E-state index is 0.246. The van der Waals surface area contributed by atoms with E-state index in [0.717, 1.165) is 39.1 Å². The van der Waals surface area contributed by atoms with E-state index in [0.29, 0.717) is 0 Å². The zero-order chi connectivity index (χ0) is 13.5. The Hall–Kier alpha value is -0.490. The second-order valence-electron chi connectivity index (χ2n) is 5.68. The SMILES string of the molecule is Cc1nc(CN2CCC3(CC2)OCC(C)O3)sc1C. The van der Waals surface area contributed by atoms with Gasteiger partial charge in [-0.3, -0.25) is 4.90 Å². The van der Waals surface area contributed by atoms with E-state index in [2.05, 4.69) is 30.7 Å². The summed E-state index contributed by atoms with van der Waals surface area (Å²) >= 11 is 1.82. The summed E-state index contributed by atoms with van der Waals surface area (Å²) in [5, 5.41) is 1.23. The average molecular weight is 282 g/mol. The lowest BCUT2D eigenvalue weighted by Gasteiger charge is -2.37. The van der Waals surface area contributed by atoms with Crippen LogP contribution in [0.1, 0.15) is 35.3 Å². The first kappa shape index (κ1) is 13.5. The maximum absolute atomic E-state index is 5.95. The van der Waals surface area contributed by atoms with Crippen molar-refractivity contribution in [2.24, 2.45) is 0 Å². The third kappa shape index (κ3) is 2.84. The van der Waals surface area contributed by atoms with Gasteiger partial charge in [0.05, 0.1) is 24.9 Å². The molecule has 2 aliphatic heterocycles. The van der Waals surface area contributed by atoms with Gasteiger partial charge in [-0.25, -0.2) is 4.98 Å².